The summed E-state index contributed by atoms with van der Waals surface area (Å²) in [6, 6.07) is -1.04. The molecule has 0 aromatic rings. The topological polar surface area (TPSA) is 158 Å². The second-order valence-electron chi connectivity index (χ2n) is 11.3. The summed E-state index contributed by atoms with van der Waals surface area (Å²) in [4.78, 5) is 25.9. The van der Waals surface area contributed by atoms with E-state index in [9.17, 15) is 30.0 Å². The summed E-state index contributed by atoms with van der Waals surface area (Å²) in [5.74, 6) is -1.00. The second-order valence-corrected chi connectivity index (χ2v) is 11.3. The van der Waals surface area contributed by atoms with E-state index in [1.807, 2.05) is 20.8 Å². The van der Waals surface area contributed by atoms with Crippen molar-refractivity contribution in [2.45, 2.75) is 141 Å². The Labute approximate surface area is 240 Å². The number of aliphatic hydroxyl groups excluding tert-OH is 4. The lowest BCUT2D eigenvalue weighted by Gasteiger charge is -2.39. The third-order valence-corrected chi connectivity index (χ3v) is 7.33. The summed E-state index contributed by atoms with van der Waals surface area (Å²) in [6.07, 6.45) is 7.78. The van der Waals surface area contributed by atoms with E-state index < -0.39 is 49.3 Å². The number of carbonyl (C=O) groups excluding carboxylic acids is 2. The number of unbranched alkanes of at least 4 members (excludes halogenated alkanes) is 9. The molecule has 1 heterocycles. The molecule has 0 spiro atoms. The van der Waals surface area contributed by atoms with Gasteiger partial charge in [-0.05, 0) is 39.5 Å². The number of nitrogens with one attached hydrogen (secondary N) is 2. The molecule has 1 aliphatic heterocycles. The maximum atomic E-state index is 13.0. The van der Waals surface area contributed by atoms with E-state index >= 15 is 0 Å². The van der Waals surface area contributed by atoms with Crippen LogP contribution in [-0.2, 0) is 19.1 Å². The Kier molecular flexibility index (Phi) is 19.3. The highest BCUT2D eigenvalue weighted by atomic mass is 16.7. The molecule has 1 fully saturated rings. The number of allylic oxidation sites excluding steroid dienone is 2. The zero-order valence-electron chi connectivity index (χ0n) is 25.1. The van der Waals surface area contributed by atoms with Crippen LogP contribution in [0.2, 0.25) is 0 Å². The molecule has 1 aliphatic rings. The van der Waals surface area contributed by atoms with Crippen LogP contribution >= 0.6 is 0 Å². The van der Waals surface area contributed by atoms with Gasteiger partial charge in [-0.1, -0.05) is 76.9 Å². The van der Waals surface area contributed by atoms with E-state index in [1.165, 1.54) is 44.1 Å². The molecule has 40 heavy (non-hydrogen) atoms. The summed E-state index contributed by atoms with van der Waals surface area (Å²) in [6.45, 7) is 7.65. The van der Waals surface area contributed by atoms with Crippen molar-refractivity contribution in [3.05, 3.63) is 11.6 Å². The van der Waals surface area contributed by atoms with Crippen molar-refractivity contribution in [3.8, 4) is 0 Å². The number of hydrogen-bond acceptors (Lipinski definition) is 8. The monoisotopic (exact) mass is 572 g/mol. The number of aliphatic hydroxyl groups is 4. The normalized spacial score (nSPS) is 24.2. The largest absolute Gasteiger partial charge is 0.394 e. The first kappa shape index (κ1) is 36.5. The van der Waals surface area contributed by atoms with Crippen LogP contribution in [0.4, 0.5) is 0 Å². The van der Waals surface area contributed by atoms with E-state index in [2.05, 4.69) is 23.6 Å². The number of ether oxygens (including phenoxy) is 2. The molecular formula is C30H56N2O8. The summed E-state index contributed by atoms with van der Waals surface area (Å²) >= 11 is 0. The Morgan fingerprint density at radius 3 is 2.12 bits per heavy atom. The molecule has 0 aliphatic carbocycles. The standard InChI is InChI=1S/C30H56N2O8/c1-5-6-7-8-9-10-11-12-15-18-31-29(38)23(32-28(37)22(4)17-14-13-16-21(2)3)20-39-30-27(36)26(35)25(34)24(19-33)40-30/h16,22-27,30,33-36H,5-15,17-20H2,1-4H3,(H,31,38)(H,32,37)/t22?,23-,24+,25-,26-,27+,30-/m0/s1. The van der Waals surface area contributed by atoms with Gasteiger partial charge in [0, 0.05) is 12.5 Å². The summed E-state index contributed by atoms with van der Waals surface area (Å²) in [5.41, 5.74) is 1.23. The molecule has 10 nitrogen and oxygen atoms in total. The number of rotatable bonds is 21. The van der Waals surface area contributed by atoms with Crippen LogP contribution in [0.5, 0.6) is 0 Å². The molecule has 7 atom stereocenters. The Balaban J connectivity index is 2.63. The molecule has 1 saturated heterocycles. The summed E-state index contributed by atoms with van der Waals surface area (Å²) < 4.78 is 11.0. The fraction of sp³-hybridized carbons (Fsp3) is 0.867. The summed E-state index contributed by atoms with van der Waals surface area (Å²) in [5, 5.41) is 45.3. The third-order valence-electron chi connectivity index (χ3n) is 7.33. The number of hydrogen-bond donors (Lipinski definition) is 6. The average molecular weight is 573 g/mol. The van der Waals surface area contributed by atoms with Crippen LogP contribution in [0, 0.1) is 5.92 Å². The molecule has 1 rings (SSSR count). The predicted molar refractivity (Wildman–Crippen MR) is 154 cm³/mol. The molecule has 6 N–H and O–H groups in total. The van der Waals surface area contributed by atoms with Gasteiger partial charge in [0.05, 0.1) is 13.2 Å². The minimum atomic E-state index is -1.59. The third kappa shape index (κ3) is 14.4. The summed E-state index contributed by atoms with van der Waals surface area (Å²) in [7, 11) is 0. The Bertz CT molecular complexity index is 728. The zero-order chi connectivity index (χ0) is 29.9. The molecule has 2 amide bonds. The van der Waals surface area contributed by atoms with Gasteiger partial charge in [0.2, 0.25) is 11.8 Å². The fourth-order valence-corrected chi connectivity index (χ4v) is 4.61. The highest BCUT2D eigenvalue weighted by Crippen LogP contribution is 2.22. The van der Waals surface area contributed by atoms with Crippen LogP contribution in [0.15, 0.2) is 11.6 Å². The highest BCUT2D eigenvalue weighted by Gasteiger charge is 2.44. The van der Waals surface area contributed by atoms with Gasteiger partial charge in [-0.15, -0.1) is 0 Å². The first-order valence-corrected chi connectivity index (χ1v) is 15.3. The quantitative estimate of drug-likeness (QED) is 0.0905. The molecule has 0 radical (unpaired) electrons. The van der Waals surface area contributed by atoms with Crippen LogP contribution in [0.3, 0.4) is 0 Å². The lowest BCUT2D eigenvalue weighted by molar-refractivity contribution is -0.301. The minimum absolute atomic E-state index is 0.280. The van der Waals surface area contributed by atoms with Crippen LogP contribution in [0.25, 0.3) is 0 Å². The highest BCUT2D eigenvalue weighted by molar-refractivity contribution is 5.88. The Morgan fingerprint density at radius 1 is 0.900 bits per heavy atom. The maximum absolute atomic E-state index is 13.0. The smallest absolute Gasteiger partial charge is 0.244 e. The Morgan fingerprint density at radius 2 is 1.52 bits per heavy atom. The van der Waals surface area contributed by atoms with E-state index in [1.54, 1.807) is 0 Å². The molecule has 0 saturated carbocycles. The first-order valence-electron chi connectivity index (χ1n) is 15.3. The lowest BCUT2D eigenvalue weighted by Crippen LogP contribution is -2.60. The number of amides is 2. The van der Waals surface area contributed by atoms with Crippen molar-refractivity contribution < 1.29 is 39.5 Å². The number of carbonyl (C=O) groups is 2. The molecule has 1 unspecified atom stereocenters. The van der Waals surface area contributed by atoms with Crippen molar-refractivity contribution in [1.82, 2.24) is 10.6 Å². The molecule has 234 valence electrons. The molecule has 0 aromatic carbocycles. The molecule has 0 bridgehead atoms. The van der Waals surface area contributed by atoms with Crippen LogP contribution in [-0.4, -0.2) is 88.7 Å². The first-order chi connectivity index (χ1) is 19.1. The fourth-order valence-electron chi connectivity index (χ4n) is 4.61. The van der Waals surface area contributed by atoms with E-state index in [0.717, 1.165) is 32.1 Å². The van der Waals surface area contributed by atoms with Crippen molar-refractivity contribution in [2.24, 2.45) is 5.92 Å². The van der Waals surface area contributed by atoms with E-state index in [0.29, 0.717) is 13.0 Å². The van der Waals surface area contributed by atoms with Gasteiger partial charge in [-0.3, -0.25) is 9.59 Å². The Hall–Kier alpha value is -1.56. The molecule has 0 aromatic heterocycles. The lowest BCUT2D eigenvalue weighted by atomic mass is 9.99. The average Bonchev–Trinajstić information content (AvgIpc) is 2.93. The van der Waals surface area contributed by atoms with E-state index in [-0.39, 0.29) is 18.4 Å². The van der Waals surface area contributed by atoms with Gasteiger partial charge >= 0.3 is 0 Å². The van der Waals surface area contributed by atoms with Crippen molar-refractivity contribution in [2.75, 3.05) is 19.8 Å². The van der Waals surface area contributed by atoms with Gasteiger partial charge in [0.25, 0.3) is 0 Å². The van der Waals surface area contributed by atoms with Gasteiger partial charge in [0.15, 0.2) is 6.29 Å². The predicted octanol–water partition coefficient (Wildman–Crippen LogP) is 2.71. The zero-order valence-corrected chi connectivity index (χ0v) is 25.1. The van der Waals surface area contributed by atoms with Crippen LogP contribution < -0.4 is 10.6 Å². The van der Waals surface area contributed by atoms with Crippen molar-refractivity contribution in [3.63, 3.8) is 0 Å². The van der Waals surface area contributed by atoms with Crippen LogP contribution in [0.1, 0.15) is 105 Å². The maximum Gasteiger partial charge on any atom is 0.244 e. The van der Waals surface area contributed by atoms with Gasteiger partial charge in [0.1, 0.15) is 30.5 Å². The minimum Gasteiger partial charge on any atom is -0.394 e. The van der Waals surface area contributed by atoms with Gasteiger partial charge in [-0.25, -0.2) is 0 Å². The van der Waals surface area contributed by atoms with Gasteiger partial charge < -0.3 is 40.5 Å². The SMILES string of the molecule is CCCCCCCCCCCNC(=O)[C@H](CO[C@H]1O[C@H](CO)[C@H](O)[C@H](O)[C@H]1O)NC(=O)C(C)CCCC=C(C)C. The van der Waals surface area contributed by atoms with Crippen molar-refractivity contribution >= 4 is 11.8 Å². The molecular weight excluding hydrogens is 516 g/mol. The molecule has 10 heteroatoms. The second kappa shape index (κ2) is 21.2. The van der Waals surface area contributed by atoms with Gasteiger partial charge in [-0.2, -0.15) is 0 Å². The van der Waals surface area contributed by atoms with Crippen molar-refractivity contribution in [1.29, 1.82) is 0 Å². The van der Waals surface area contributed by atoms with E-state index in [4.69, 9.17) is 9.47 Å².